The number of H-pyrrole nitrogens is 1. The third-order valence-electron chi connectivity index (χ3n) is 8.50. The number of aliphatic hydroxyl groups excluding tert-OH is 1. The van der Waals surface area contributed by atoms with Crippen LogP contribution in [0.3, 0.4) is 0 Å². The fourth-order valence-corrected chi connectivity index (χ4v) is 5.65. The molecule has 14 heteroatoms. The Bertz CT molecular complexity index is 1300. The molecule has 5 atom stereocenters. The van der Waals surface area contributed by atoms with Gasteiger partial charge >= 0.3 is 11.9 Å². The van der Waals surface area contributed by atoms with Crippen LogP contribution in [0.1, 0.15) is 91.0 Å². The van der Waals surface area contributed by atoms with Crippen LogP contribution in [0.5, 0.6) is 0 Å². The molecule has 1 saturated heterocycles. The minimum Gasteiger partial charge on any atom is -0.463 e. The number of carbonyl (C=O) groups excluding carboxylic acids is 3. The van der Waals surface area contributed by atoms with Crippen molar-refractivity contribution >= 4 is 30.0 Å². The minimum absolute atomic E-state index is 0.0468. The number of rotatable bonds is 13. The lowest BCUT2D eigenvalue weighted by molar-refractivity contribution is -0.162. The molecule has 1 amide bonds. The van der Waals surface area contributed by atoms with E-state index >= 15 is 0 Å². The van der Waals surface area contributed by atoms with Gasteiger partial charge in [-0.25, -0.2) is 4.99 Å². The highest BCUT2D eigenvalue weighted by atomic mass is 16.6. The number of ether oxygens (including phenoxy) is 4. The number of nitrogens with one attached hydrogen (secondary N) is 3. The first-order valence-corrected chi connectivity index (χ1v) is 15.9. The minimum atomic E-state index is -2.10. The van der Waals surface area contributed by atoms with E-state index in [0.29, 0.717) is 0 Å². The molecule has 14 nitrogen and oxygen atoms in total. The van der Waals surface area contributed by atoms with Crippen molar-refractivity contribution in [1.29, 1.82) is 10.7 Å². The topological polar surface area (TPSA) is 222 Å². The van der Waals surface area contributed by atoms with E-state index in [1.54, 1.807) is 34.6 Å². The SMILES string of the molecule is CCOC(C)(C)C(=O)N/C(=N/C=N)c1ccc([C@]2(C#N)O[C@H](COC(=O)CC3CCCCCC3)[C@@H](OC(=O)[C@@H](N)C(C)C)[C@H]2O)[nH]1. The van der Waals surface area contributed by atoms with Gasteiger partial charge in [-0.05, 0) is 57.6 Å². The highest BCUT2D eigenvalue weighted by molar-refractivity contribution is 6.10. The Morgan fingerprint density at radius 2 is 1.96 bits per heavy atom. The summed E-state index contributed by atoms with van der Waals surface area (Å²) in [5.41, 5.74) is 2.94. The molecule has 1 aromatic heterocycles. The zero-order valence-electron chi connectivity index (χ0n) is 27.3. The number of aliphatic hydroxyl groups is 1. The van der Waals surface area contributed by atoms with Crippen molar-refractivity contribution in [2.24, 2.45) is 22.6 Å². The van der Waals surface area contributed by atoms with Gasteiger partial charge in [0.1, 0.15) is 42.9 Å². The van der Waals surface area contributed by atoms with E-state index in [4.69, 9.17) is 30.1 Å². The molecule has 254 valence electrons. The van der Waals surface area contributed by atoms with Crippen LogP contribution in [0.25, 0.3) is 0 Å². The molecule has 1 aliphatic heterocycles. The van der Waals surface area contributed by atoms with Crippen molar-refractivity contribution in [2.75, 3.05) is 13.2 Å². The van der Waals surface area contributed by atoms with Crippen molar-refractivity contribution < 1.29 is 38.4 Å². The third kappa shape index (κ3) is 8.79. The molecule has 0 bridgehead atoms. The van der Waals surface area contributed by atoms with Gasteiger partial charge in [0.2, 0.25) is 5.60 Å². The van der Waals surface area contributed by atoms with E-state index in [0.717, 1.165) is 44.9 Å². The second kappa shape index (κ2) is 16.3. The molecule has 2 fully saturated rings. The van der Waals surface area contributed by atoms with Crippen molar-refractivity contribution in [3.63, 3.8) is 0 Å². The number of hydrogen-bond donors (Lipinski definition) is 5. The number of hydrogen-bond acceptors (Lipinski definition) is 11. The van der Waals surface area contributed by atoms with Crippen molar-refractivity contribution in [3.8, 4) is 6.07 Å². The maximum Gasteiger partial charge on any atom is 0.323 e. The highest BCUT2D eigenvalue weighted by Gasteiger charge is 2.59. The lowest BCUT2D eigenvalue weighted by atomic mass is 9.92. The van der Waals surface area contributed by atoms with Crippen molar-refractivity contribution in [1.82, 2.24) is 10.3 Å². The Labute approximate surface area is 269 Å². The maximum absolute atomic E-state index is 12.9. The number of nitrogens with two attached hydrogens (primary N) is 1. The predicted molar refractivity (Wildman–Crippen MR) is 168 cm³/mol. The van der Waals surface area contributed by atoms with Gasteiger partial charge in [-0.15, -0.1) is 0 Å². The van der Waals surface area contributed by atoms with Gasteiger partial charge in [0.05, 0.1) is 11.4 Å². The van der Waals surface area contributed by atoms with Gasteiger partial charge in [-0.2, -0.15) is 5.26 Å². The molecular formula is C32H48N6O8. The number of nitrogens with zero attached hydrogens (tertiary/aromatic N) is 2. The van der Waals surface area contributed by atoms with Crippen LogP contribution in [0, 0.1) is 28.6 Å². The monoisotopic (exact) mass is 644 g/mol. The lowest BCUT2D eigenvalue weighted by Crippen LogP contribution is -2.47. The largest absolute Gasteiger partial charge is 0.463 e. The summed E-state index contributed by atoms with van der Waals surface area (Å²) in [6, 6.07) is 3.91. The lowest BCUT2D eigenvalue weighted by Gasteiger charge is -2.25. The number of aromatic nitrogens is 1. The van der Waals surface area contributed by atoms with Crippen LogP contribution < -0.4 is 11.1 Å². The van der Waals surface area contributed by atoms with E-state index < -0.39 is 53.4 Å². The first kappa shape index (κ1) is 36.8. The maximum atomic E-state index is 12.9. The van der Waals surface area contributed by atoms with Gasteiger partial charge in [-0.1, -0.05) is 39.5 Å². The molecule has 2 heterocycles. The molecular weight excluding hydrogens is 596 g/mol. The molecule has 1 saturated carbocycles. The average Bonchev–Trinajstić information content (AvgIpc) is 3.50. The Hall–Kier alpha value is -3.64. The predicted octanol–water partition coefficient (Wildman–Crippen LogP) is 2.58. The smallest absolute Gasteiger partial charge is 0.323 e. The molecule has 1 aromatic rings. The van der Waals surface area contributed by atoms with Crippen LogP contribution >= 0.6 is 0 Å². The summed E-state index contributed by atoms with van der Waals surface area (Å²) in [5.74, 6) is -1.88. The fourth-order valence-electron chi connectivity index (χ4n) is 5.65. The van der Waals surface area contributed by atoms with Crippen LogP contribution in [0.15, 0.2) is 17.1 Å². The second-order valence-corrected chi connectivity index (χ2v) is 12.7. The Kier molecular flexibility index (Phi) is 13.0. The van der Waals surface area contributed by atoms with E-state index in [9.17, 15) is 24.8 Å². The van der Waals surface area contributed by atoms with Gasteiger partial charge < -0.3 is 40.1 Å². The van der Waals surface area contributed by atoms with E-state index in [-0.39, 0.29) is 48.7 Å². The molecule has 0 aromatic carbocycles. The summed E-state index contributed by atoms with van der Waals surface area (Å²) in [5, 5.41) is 32.0. The standard InChI is InChI=1S/C32H48N6O8/c1-6-44-31(4,5)30(42)38-28(36-18-34)21-13-14-23(37-21)32(17-33)27(40)26(45-29(41)25(35)19(2)3)22(46-32)16-43-24(39)15-20-11-9-7-8-10-12-20/h13-14,18-20,22,25-27,37,40H,6-12,15-16,35H2,1-5H3,(H2,34,36,38,42)/t22-,25+,26-,27-,32+/m1/s1. The van der Waals surface area contributed by atoms with Crippen molar-refractivity contribution in [2.45, 2.75) is 115 Å². The number of esters is 2. The molecule has 46 heavy (non-hydrogen) atoms. The third-order valence-corrected chi connectivity index (χ3v) is 8.50. The first-order valence-electron chi connectivity index (χ1n) is 15.9. The quantitative estimate of drug-likeness (QED) is 0.0913. The summed E-state index contributed by atoms with van der Waals surface area (Å²) in [6.45, 7) is 8.30. The molecule has 0 spiro atoms. The zero-order chi connectivity index (χ0) is 34.1. The molecule has 1 aliphatic carbocycles. The van der Waals surface area contributed by atoms with Crippen molar-refractivity contribution in [3.05, 3.63) is 23.5 Å². The van der Waals surface area contributed by atoms with Crippen LogP contribution in [0.4, 0.5) is 0 Å². The van der Waals surface area contributed by atoms with Gasteiger partial charge in [-0.3, -0.25) is 19.8 Å². The molecule has 6 N–H and O–H groups in total. The summed E-state index contributed by atoms with van der Waals surface area (Å²) >= 11 is 0. The molecule has 3 rings (SSSR count). The second-order valence-electron chi connectivity index (χ2n) is 12.7. The van der Waals surface area contributed by atoms with Crippen LogP contribution in [0.2, 0.25) is 0 Å². The average molecular weight is 645 g/mol. The van der Waals surface area contributed by atoms with Crippen LogP contribution in [-0.2, 0) is 38.9 Å². The first-order chi connectivity index (χ1) is 21.8. The summed E-state index contributed by atoms with van der Waals surface area (Å²) in [7, 11) is 0. The summed E-state index contributed by atoms with van der Waals surface area (Å²) in [4.78, 5) is 45.5. The normalized spacial score (nSPS) is 24.9. The number of carbonyl (C=O) groups is 3. The molecule has 2 aliphatic rings. The Morgan fingerprint density at radius 3 is 2.54 bits per heavy atom. The Morgan fingerprint density at radius 1 is 1.28 bits per heavy atom. The van der Waals surface area contributed by atoms with Gasteiger partial charge in [0, 0.05) is 13.0 Å². The number of amides is 1. The zero-order valence-corrected chi connectivity index (χ0v) is 27.3. The number of aromatic amines is 1. The van der Waals surface area contributed by atoms with Crippen LogP contribution in [-0.4, -0.2) is 83.3 Å². The van der Waals surface area contributed by atoms with Gasteiger partial charge in [0.15, 0.2) is 11.9 Å². The number of aliphatic imine (C=N–C) groups is 1. The number of amidine groups is 1. The van der Waals surface area contributed by atoms with E-state index in [2.05, 4.69) is 15.3 Å². The molecule has 0 radical (unpaired) electrons. The van der Waals surface area contributed by atoms with E-state index in [1.807, 2.05) is 6.07 Å². The summed E-state index contributed by atoms with van der Waals surface area (Å²) in [6.07, 6.45) is 2.94. The summed E-state index contributed by atoms with van der Waals surface area (Å²) < 4.78 is 22.8. The highest BCUT2D eigenvalue weighted by Crippen LogP contribution is 2.41. The molecule has 0 unspecified atom stereocenters. The van der Waals surface area contributed by atoms with Gasteiger partial charge in [0.25, 0.3) is 5.91 Å². The number of nitriles is 1. The Balaban J connectivity index is 1.88. The fraction of sp³-hybridized carbons (Fsp3) is 0.688. The van der Waals surface area contributed by atoms with E-state index in [1.165, 1.54) is 12.1 Å².